The molecule has 6 nitrogen and oxygen atoms in total. The van der Waals surface area contributed by atoms with E-state index in [1.165, 1.54) is 24.8 Å². The summed E-state index contributed by atoms with van der Waals surface area (Å²) in [5, 5.41) is 5.62. The van der Waals surface area contributed by atoms with Crippen molar-refractivity contribution in [1.82, 2.24) is 15.3 Å². The molecule has 204 valence electrons. The Hall–Kier alpha value is -1.02. The Morgan fingerprint density at radius 2 is 1.51 bits per heavy atom. The van der Waals surface area contributed by atoms with E-state index in [2.05, 4.69) is 87.2 Å². The van der Waals surface area contributed by atoms with Crippen LogP contribution in [-0.2, 0) is 4.84 Å². The lowest BCUT2D eigenvalue weighted by molar-refractivity contribution is -0.308. The summed E-state index contributed by atoms with van der Waals surface area (Å²) in [6.07, 6.45) is 8.19. The monoisotopic (exact) mass is 491 g/mol. The number of rotatable bonds is 15. The molecule has 1 saturated heterocycles. The van der Waals surface area contributed by atoms with Gasteiger partial charge in [0, 0.05) is 24.2 Å². The minimum Gasteiger partial charge on any atom is -0.330 e. The SMILES string of the molecule is CCCC(ON1C(C)(C)CCCC1(C)C)c1ccccc1.CCNCCN(CCCN)CCCN. The second kappa shape index (κ2) is 17.4. The number of hydroxylamine groups is 2. The molecule has 0 radical (unpaired) electrons. The first kappa shape index (κ1) is 32.0. The highest BCUT2D eigenvalue weighted by molar-refractivity contribution is 5.17. The molecular weight excluding hydrogens is 434 g/mol. The van der Waals surface area contributed by atoms with Gasteiger partial charge in [-0.05, 0) is 105 Å². The minimum atomic E-state index is 0.0997. The molecular formula is C29H57N5O. The molecule has 1 aromatic carbocycles. The minimum absolute atomic E-state index is 0.0997. The highest BCUT2D eigenvalue weighted by atomic mass is 16.7. The van der Waals surface area contributed by atoms with E-state index in [1.807, 2.05) is 0 Å². The van der Waals surface area contributed by atoms with Gasteiger partial charge in [0.2, 0.25) is 0 Å². The zero-order valence-corrected chi connectivity index (χ0v) is 23.8. The standard InChI is InChI=1S/C19H31NO.C10H26N4/c1-6-11-17(16-12-8-7-9-13-16)21-20-18(2,3)14-10-15-19(20,4)5;1-2-13-7-10-14(8-3-5-11)9-4-6-12/h7-9,12-13,17H,6,10-11,14-15H2,1-5H3;13H,2-12H2,1H3. The number of piperidine rings is 1. The van der Waals surface area contributed by atoms with Gasteiger partial charge in [-0.3, -0.25) is 4.84 Å². The maximum Gasteiger partial charge on any atom is 0.104 e. The lowest BCUT2D eigenvalue weighted by Gasteiger charge is -2.52. The summed E-state index contributed by atoms with van der Waals surface area (Å²) in [6.45, 7) is 20.6. The Morgan fingerprint density at radius 3 is 2.00 bits per heavy atom. The first-order chi connectivity index (χ1) is 16.7. The average Bonchev–Trinajstić information content (AvgIpc) is 2.83. The molecule has 2 rings (SSSR count). The van der Waals surface area contributed by atoms with Crippen molar-refractivity contribution in [2.75, 3.05) is 45.8 Å². The summed E-state index contributed by atoms with van der Waals surface area (Å²) in [5.41, 5.74) is 12.5. The predicted octanol–water partition coefficient (Wildman–Crippen LogP) is 5.10. The van der Waals surface area contributed by atoms with E-state index in [0.29, 0.717) is 0 Å². The predicted molar refractivity (Wildman–Crippen MR) is 151 cm³/mol. The Labute approximate surface area is 217 Å². The van der Waals surface area contributed by atoms with Crippen LogP contribution >= 0.6 is 0 Å². The Morgan fingerprint density at radius 1 is 0.943 bits per heavy atom. The number of hydrogen-bond acceptors (Lipinski definition) is 6. The number of nitrogens with zero attached hydrogens (tertiary/aromatic N) is 2. The molecule has 0 bridgehead atoms. The van der Waals surface area contributed by atoms with Crippen LogP contribution in [0.2, 0.25) is 0 Å². The summed E-state index contributed by atoms with van der Waals surface area (Å²) >= 11 is 0. The zero-order chi connectivity index (χ0) is 26.2. The summed E-state index contributed by atoms with van der Waals surface area (Å²) in [4.78, 5) is 9.01. The van der Waals surface area contributed by atoms with E-state index >= 15 is 0 Å². The maximum atomic E-state index is 6.58. The van der Waals surface area contributed by atoms with Crippen molar-refractivity contribution in [3.05, 3.63) is 35.9 Å². The number of nitrogens with one attached hydrogen (secondary N) is 1. The van der Waals surface area contributed by atoms with Crippen LogP contribution in [-0.4, -0.2) is 66.9 Å². The van der Waals surface area contributed by atoms with Gasteiger partial charge in [0.1, 0.15) is 6.10 Å². The third-order valence-corrected chi connectivity index (χ3v) is 6.84. The van der Waals surface area contributed by atoms with Gasteiger partial charge in [-0.15, -0.1) is 0 Å². The van der Waals surface area contributed by atoms with Crippen molar-refractivity contribution < 1.29 is 4.84 Å². The average molecular weight is 492 g/mol. The van der Waals surface area contributed by atoms with E-state index < -0.39 is 0 Å². The number of hydrogen-bond donors (Lipinski definition) is 3. The van der Waals surface area contributed by atoms with Crippen LogP contribution < -0.4 is 16.8 Å². The highest BCUT2D eigenvalue weighted by Gasteiger charge is 2.43. The fraction of sp³-hybridized carbons (Fsp3) is 0.793. The molecule has 1 unspecified atom stereocenters. The molecule has 0 spiro atoms. The van der Waals surface area contributed by atoms with E-state index in [-0.39, 0.29) is 17.2 Å². The quantitative estimate of drug-likeness (QED) is 0.296. The topological polar surface area (TPSA) is 79.8 Å². The van der Waals surface area contributed by atoms with Crippen molar-refractivity contribution in [1.29, 1.82) is 0 Å². The van der Waals surface area contributed by atoms with Crippen molar-refractivity contribution in [3.63, 3.8) is 0 Å². The molecule has 0 aromatic heterocycles. The Balaban J connectivity index is 0.000000383. The second-order valence-corrected chi connectivity index (χ2v) is 11.0. The van der Waals surface area contributed by atoms with Crippen LogP contribution in [0.3, 0.4) is 0 Å². The summed E-state index contributed by atoms with van der Waals surface area (Å²) in [5.74, 6) is 0. The van der Waals surface area contributed by atoms with Crippen molar-refractivity contribution in [3.8, 4) is 0 Å². The van der Waals surface area contributed by atoms with Crippen molar-refractivity contribution >= 4 is 0 Å². The summed E-state index contributed by atoms with van der Waals surface area (Å²) in [6, 6.07) is 10.7. The van der Waals surface area contributed by atoms with Gasteiger partial charge in [0.25, 0.3) is 0 Å². The van der Waals surface area contributed by atoms with Crippen LogP contribution in [0, 0.1) is 0 Å². The molecule has 0 aliphatic carbocycles. The van der Waals surface area contributed by atoms with Gasteiger partial charge in [0.15, 0.2) is 0 Å². The van der Waals surface area contributed by atoms with Crippen LogP contribution in [0.5, 0.6) is 0 Å². The maximum absolute atomic E-state index is 6.58. The van der Waals surface area contributed by atoms with Gasteiger partial charge in [-0.2, -0.15) is 5.06 Å². The van der Waals surface area contributed by atoms with Gasteiger partial charge in [-0.25, -0.2) is 0 Å². The molecule has 1 aromatic rings. The molecule has 1 heterocycles. The second-order valence-electron chi connectivity index (χ2n) is 11.0. The first-order valence-electron chi connectivity index (χ1n) is 14.1. The molecule has 1 aliphatic rings. The van der Waals surface area contributed by atoms with E-state index in [0.717, 1.165) is 71.5 Å². The fourth-order valence-electron chi connectivity index (χ4n) is 4.98. The molecule has 1 fully saturated rings. The van der Waals surface area contributed by atoms with Crippen molar-refractivity contribution in [2.24, 2.45) is 11.5 Å². The third-order valence-electron chi connectivity index (χ3n) is 6.84. The summed E-state index contributed by atoms with van der Waals surface area (Å²) in [7, 11) is 0. The van der Waals surface area contributed by atoms with Crippen LogP contribution in [0.25, 0.3) is 0 Å². The highest BCUT2D eigenvalue weighted by Crippen LogP contribution is 2.41. The first-order valence-corrected chi connectivity index (χ1v) is 14.1. The van der Waals surface area contributed by atoms with E-state index in [4.69, 9.17) is 16.3 Å². The lowest BCUT2D eigenvalue weighted by atomic mass is 9.82. The number of likely N-dealkylation sites (N-methyl/N-ethyl adjacent to an activating group) is 1. The summed E-state index contributed by atoms with van der Waals surface area (Å²) < 4.78 is 0. The normalized spacial score (nSPS) is 18.2. The molecule has 35 heavy (non-hydrogen) atoms. The fourth-order valence-corrected chi connectivity index (χ4v) is 4.98. The molecule has 0 amide bonds. The molecule has 1 atom stereocenters. The Kier molecular flexibility index (Phi) is 15.9. The number of nitrogens with two attached hydrogens (primary N) is 2. The zero-order valence-electron chi connectivity index (χ0n) is 23.8. The lowest BCUT2D eigenvalue weighted by Crippen LogP contribution is -2.58. The third kappa shape index (κ3) is 12.2. The molecule has 0 saturated carbocycles. The van der Waals surface area contributed by atoms with Crippen LogP contribution in [0.15, 0.2) is 30.3 Å². The van der Waals surface area contributed by atoms with Crippen LogP contribution in [0.1, 0.15) is 98.2 Å². The smallest absolute Gasteiger partial charge is 0.104 e. The molecule has 6 heteroatoms. The van der Waals surface area contributed by atoms with Gasteiger partial charge < -0.3 is 21.7 Å². The molecule has 5 N–H and O–H groups in total. The van der Waals surface area contributed by atoms with E-state index in [1.54, 1.807) is 0 Å². The van der Waals surface area contributed by atoms with Crippen LogP contribution in [0.4, 0.5) is 0 Å². The van der Waals surface area contributed by atoms with Gasteiger partial charge in [0.05, 0.1) is 0 Å². The Bertz CT molecular complexity index is 613. The largest absolute Gasteiger partial charge is 0.330 e. The van der Waals surface area contributed by atoms with Crippen molar-refractivity contribution in [2.45, 2.75) is 104 Å². The molecule has 1 aliphatic heterocycles. The van der Waals surface area contributed by atoms with Gasteiger partial charge >= 0.3 is 0 Å². The van der Waals surface area contributed by atoms with E-state index in [9.17, 15) is 0 Å². The number of benzene rings is 1. The van der Waals surface area contributed by atoms with Gasteiger partial charge in [-0.1, -0.05) is 50.6 Å².